The number of nitrogens with zero attached hydrogens (tertiary/aromatic N) is 6. The van der Waals surface area contributed by atoms with Crippen molar-refractivity contribution in [3.8, 4) is 5.69 Å². The van der Waals surface area contributed by atoms with Gasteiger partial charge in [-0.2, -0.15) is 5.10 Å². The normalized spacial score (nSPS) is 11.1. The Hall–Kier alpha value is -2.43. The Labute approximate surface area is 169 Å². The zero-order chi connectivity index (χ0) is 17.5. The third-order valence-electron chi connectivity index (χ3n) is 3.75. The van der Waals surface area contributed by atoms with Gasteiger partial charge in [0.05, 0.1) is 25.1 Å². The molecule has 0 aliphatic heterocycles. The lowest BCUT2D eigenvalue weighted by Crippen LogP contribution is -2.37. The lowest BCUT2D eigenvalue weighted by Gasteiger charge is -2.12. The molecule has 1 aromatic carbocycles. The number of benzene rings is 1. The highest BCUT2D eigenvalue weighted by Gasteiger charge is 2.05. The van der Waals surface area contributed by atoms with Gasteiger partial charge in [-0.3, -0.25) is 4.68 Å². The van der Waals surface area contributed by atoms with E-state index in [0.29, 0.717) is 13.1 Å². The number of guanidine groups is 1. The number of hydrogen-bond donors (Lipinski definition) is 2. The summed E-state index contributed by atoms with van der Waals surface area (Å²) in [6.07, 6.45) is 7.04. The SMILES string of the molecule is CCNC(=NCc1ccccc1-n1ccnc1)NCc1ncnn1C.I. The molecule has 0 atom stereocenters. The first kappa shape index (κ1) is 19.9. The van der Waals surface area contributed by atoms with Crippen molar-refractivity contribution in [1.82, 2.24) is 34.9 Å². The van der Waals surface area contributed by atoms with E-state index in [9.17, 15) is 0 Å². The van der Waals surface area contributed by atoms with Crippen LogP contribution in [0.1, 0.15) is 18.3 Å². The number of aliphatic imine (C=N–C) groups is 1. The lowest BCUT2D eigenvalue weighted by atomic mass is 10.2. The monoisotopic (exact) mass is 466 g/mol. The van der Waals surface area contributed by atoms with E-state index in [2.05, 4.69) is 42.8 Å². The molecular formula is C17H23IN8. The van der Waals surface area contributed by atoms with Crippen LogP contribution in [-0.2, 0) is 20.1 Å². The Balaban J connectivity index is 0.00000243. The van der Waals surface area contributed by atoms with Gasteiger partial charge in [0.15, 0.2) is 5.96 Å². The summed E-state index contributed by atoms with van der Waals surface area (Å²) < 4.78 is 3.73. The van der Waals surface area contributed by atoms with Crippen LogP contribution in [0.5, 0.6) is 0 Å². The molecule has 0 radical (unpaired) electrons. The predicted octanol–water partition coefficient (Wildman–Crippen LogP) is 1.87. The average molecular weight is 466 g/mol. The zero-order valence-electron chi connectivity index (χ0n) is 14.8. The van der Waals surface area contributed by atoms with Gasteiger partial charge in [0.1, 0.15) is 12.2 Å². The van der Waals surface area contributed by atoms with Crippen LogP contribution in [0.15, 0.2) is 54.3 Å². The molecule has 2 aromatic heterocycles. The molecule has 0 spiro atoms. The molecule has 0 unspecified atom stereocenters. The third-order valence-corrected chi connectivity index (χ3v) is 3.75. The fourth-order valence-corrected chi connectivity index (χ4v) is 2.45. The van der Waals surface area contributed by atoms with Gasteiger partial charge >= 0.3 is 0 Å². The second-order valence-electron chi connectivity index (χ2n) is 5.45. The van der Waals surface area contributed by atoms with Crippen LogP contribution in [0.4, 0.5) is 0 Å². The van der Waals surface area contributed by atoms with Gasteiger partial charge in [0.25, 0.3) is 0 Å². The number of para-hydroxylation sites is 1. The van der Waals surface area contributed by atoms with Gasteiger partial charge in [-0.1, -0.05) is 18.2 Å². The van der Waals surface area contributed by atoms with Crippen LogP contribution in [0.25, 0.3) is 5.69 Å². The van der Waals surface area contributed by atoms with E-state index >= 15 is 0 Å². The maximum atomic E-state index is 4.69. The molecular weight excluding hydrogens is 443 g/mol. The van der Waals surface area contributed by atoms with Crippen molar-refractivity contribution in [2.45, 2.75) is 20.0 Å². The summed E-state index contributed by atoms with van der Waals surface area (Å²) in [5.41, 5.74) is 2.20. The average Bonchev–Trinajstić information content (AvgIpc) is 3.29. The van der Waals surface area contributed by atoms with Gasteiger partial charge in [0.2, 0.25) is 0 Å². The number of nitrogens with one attached hydrogen (secondary N) is 2. The smallest absolute Gasteiger partial charge is 0.191 e. The molecule has 26 heavy (non-hydrogen) atoms. The minimum atomic E-state index is 0. The van der Waals surface area contributed by atoms with Crippen molar-refractivity contribution in [2.75, 3.05) is 6.54 Å². The number of aryl methyl sites for hydroxylation is 1. The summed E-state index contributed by atoms with van der Waals surface area (Å²) in [5, 5.41) is 10.6. The third kappa shape index (κ3) is 5.04. The zero-order valence-corrected chi connectivity index (χ0v) is 17.2. The second kappa shape index (κ2) is 9.90. The van der Waals surface area contributed by atoms with Crippen LogP contribution >= 0.6 is 24.0 Å². The minimum absolute atomic E-state index is 0. The topological polar surface area (TPSA) is 84.9 Å². The Morgan fingerprint density at radius 3 is 2.77 bits per heavy atom. The Morgan fingerprint density at radius 1 is 1.23 bits per heavy atom. The molecule has 0 saturated carbocycles. The molecule has 0 amide bonds. The summed E-state index contributed by atoms with van der Waals surface area (Å²) in [6.45, 7) is 3.95. The number of aromatic nitrogens is 5. The van der Waals surface area contributed by atoms with Crippen LogP contribution < -0.4 is 10.6 Å². The number of hydrogen-bond acceptors (Lipinski definition) is 4. The highest BCUT2D eigenvalue weighted by atomic mass is 127. The van der Waals surface area contributed by atoms with Gasteiger partial charge in [-0.25, -0.2) is 15.0 Å². The fourth-order valence-electron chi connectivity index (χ4n) is 2.45. The van der Waals surface area contributed by atoms with E-state index in [-0.39, 0.29) is 24.0 Å². The molecule has 138 valence electrons. The van der Waals surface area contributed by atoms with Crippen molar-refractivity contribution < 1.29 is 0 Å². The molecule has 0 aliphatic rings. The summed E-state index contributed by atoms with van der Waals surface area (Å²) in [7, 11) is 1.87. The molecule has 0 bridgehead atoms. The van der Waals surface area contributed by atoms with Crippen molar-refractivity contribution in [3.63, 3.8) is 0 Å². The van der Waals surface area contributed by atoms with E-state index in [4.69, 9.17) is 0 Å². The van der Waals surface area contributed by atoms with Crippen LogP contribution in [0.3, 0.4) is 0 Å². The predicted molar refractivity (Wildman–Crippen MR) is 112 cm³/mol. The molecule has 2 heterocycles. The molecule has 3 rings (SSSR count). The number of halogens is 1. The van der Waals surface area contributed by atoms with Crippen LogP contribution in [-0.4, -0.2) is 36.8 Å². The summed E-state index contributed by atoms with van der Waals surface area (Å²) in [6, 6.07) is 8.17. The maximum absolute atomic E-state index is 4.69. The van der Waals surface area contributed by atoms with E-state index in [1.807, 2.05) is 36.9 Å². The lowest BCUT2D eigenvalue weighted by molar-refractivity contribution is 0.673. The van der Waals surface area contributed by atoms with Crippen molar-refractivity contribution in [1.29, 1.82) is 0 Å². The minimum Gasteiger partial charge on any atom is -0.357 e. The molecule has 8 nitrogen and oxygen atoms in total. The standard InChI is InChI=1S/C17H22N8.HI/c1-3-19-17(21-11-16-22-12-23-24(16)2)20-10-14-6-4-5-7-15(14)25-9-8-18-13-25;/h4-9,12-13H,3,10-11H2,1-2H3,(H2,19,20,21);1H. The molecule has 0 saturated heterocycles. The van der Waals surface area contributed by atoms with Crippen molar-refractivity contribution >= 4 is 29.9 Å². The highest BCUT2D eigenvalue weighted by Crippen LogP contribution is 2.15. The first-order chi connectivity index (χ1) is 12.3. The second-order valence-corrected chi connectivity index (χ2v) is 5.45. The number of imidazole rings is 1. The van der Waals surface area contributed by atoms with E-state index in [1.165, 1.54) is 0 Å². The van der Waals surface area contributed by atoms with Crippen molar-refractivity contribution in [2.24, 2.45) is 12.0 Å². The van der Waals surface area contributed by atoms with Gasteiger partial charge in [-0.15, -0.1) is 24.0 Å². The van der Waals surface area contributed by atoms with Crippen LogP contribution in [0.2, 0.25) is 0 Å². The molecule has 0 fully saturated rings. The summed E-state index contributed by atoms with van der Waals surface area (Å²) >= 11 is 0. The molecule has 3 aromatic rings. The van der Waals surface area contributed by atoms with Crippen LogP contribution in [0, 0.1) is 0 Å². The Kier molecular flexibility index (Phi) is 7.57. The number of rotatable bonds is 6. The Morgan fingerprint density at radius 2 is 2.08 bits per heavy atom. The van der Waals surface area contributed by atoms with E-state index < -0.39 is 0 Å². The van der Waals surface area contributed by atoms with Gasteiger partial charge in [0, 0.05) is 26.0 Å². The summed E-state index contributed by atoms with van der Waals surface area (Å²) in [4.78, 5) is 13.0. The first-order valence-electron chi connectivity index (χ1n) is 8.19. The Bertz CT molecular complexity index is 825. The van der Waals surface area contributed by atoms with Gasteiger partial charge in [-0.05, 0) is 18.6 Å². The van der Waals surface area contributed by atoms with Crippen molar-refractivity contribution in [3.05, 3.63) is 60.7 Å². The quantitative estimate of drug-likeness (QED) is 0.329. The fraction of sp³-hybridized carbons (Fsp3) is 0.294. The first-order valence-corrected chi connectivity index (χ1v) is 8.19. The molecule has 9 heteroatoms. The van der Waals surface area contributed by atoms with Gasteiger partial charge < -0.3 is 15.2 Å². The maximum Gasteiger partial charge on any atom is 0.191 e. The molecule has 0 aliphatic carbocycles. The highest BCUT2D eigenvalue weighted by molar-refractivity contribution is 14.0. The molecule has 2 N–H and O–H groups in total. The largest absolute Gasteiger partial charge is 0.357 e. The van der Waals surface area contributed by atoms with E-state index in [0.717, 1.165) is 29.6 Å². The van der Waals surface area contributed by atoms with E-state index in [1.54, 1.807) is 23.5 Å². The summed E-state index contributed by atoms with van der Waals surface area (Å²) in [5.74, 6) is 1.59.